The van der Waals surface area contributed by atoms with E-state index in [0.29, 0.717) is 0 Å². The van der Waals surface area contributed by atoms with Crippen LogP contribution in [-0.2, 0) is 16.1 Å². The van der Waals surface area contributed by atoms with Crippen molar-refractivity contribution in [1.82, 2.24) is 14.8 Å². The maximum atomic E-state index is 13.1. The number of amides is 4. The molecule has 0 radical (unpaired) electrons. The Morgan fingerprint density at radius 2 is 1.53 bits per heavy atom. The van der Waals surface area contributed by atoms with Gasteiger partial charge in [-0.1, -0.05) is 36.4 Å². The van der Waals surface area contributed by atoms with E-state index in [2.05, 4.69) is 41.9 Å². The topological polar surface area (TPSA) is 71.4 Å². The van der Waals surface area contributed by atoms with Gasteiger partial charge < -0.3 is 4.57 Å². The van der Waals surface area contributed by atoms with Crippen molar-refractivity contribution in [2.24, 2.45) is 0 Å². The van der Waals surface area contributed by atoms with Crippen LogP contribution in [0.5, 0.6) is 0 Å². The predicted octanol–water partition coefficient (Wildman–Crippen LogP) is 4.37. The van der Waals surface area contributed by atoms with E-state index in [0.717, 1.165) is 44.2 Å². The zero-order valence-electron chi connectivity index (χ0n) is 18.6. The molecule has 32 heavy (non-hydrogen) atoms. The van der Waals surface area contributed by atoms with Gasteiger partial charge >= 0.3 is 6.03 Å². The van der Waals surface area contributed by atoms with Gasteiger partial charge in [-0.3, -0.25) is 19.8 Å². The highest BCUT2D eigenvalue weighted by atomic mass is 16.2. The number of imide groups is 2. The molecule has 4 amide bonds. The summed E-state index contributed by atoms with van der Waals surface area (Å²) in [4.78, 5) is 39.0. The Morgan fingerprint density at radius 1 is 0.875 bits per heavy atom. The Labute approximate surface area is 187 Å². The Bertz CT molecular complexity index is 1250. The normalized spacial score (nSPS) is 15.4. The van der Waals surface area contributed by atoms with Crippen molar-refractivity contribution in [2.45, 2.75) is 34.2 Å². The second kappa shape index (κ2) is 8.30. The van der Waals surface area contributed by atoms with Crippen LogP contribution in [0, 0.1) is 27.7 Å². The van der Waals surface area contributed by atoms with E-state index < -0.39 is 17.8 Å². The van der Waals surface area contributed by atoms with Crippen LogP contribution in [0.1, 0.15) is 33.6 Å². The summed E-state index contributed by atoms with van der Waals surface area (Å²) in [5.74, 6) is -1.28. The minimum absolute atomic E-state index is 0.0544. The van der Waals surface area contributed by atoms with Crippen molar-refractivity contribution in [3.8, 4) is 5.69 Å². The van der Waals surface area contributed by atoms with Crippen LogP contribution < -0.4 is 5.32 Å². The first-order chi connectivity index (χ1) is 15.2. The molecule has 1 aromatic heterocycles. The van der Waals surface area contributed by atoms with Crippen LogP contribution >= 0.6 is 0 Å². The van der Waals surface area contributed by atoms with Gasteiger partial charge in [0.1, 0.15) is 5.57 Å². The van der Waals surface area contributed by atoms with Gasteiger partial charge in [0.25, 0.3) is 11.8 Å². The second-order valence-electron chi connectivity index (χ2n) is 8.20. The molecule has 4 rings (SSSR count). The maximum absolute atomic E-state index is 13.1. The molecular weight excluding hydrogens is 402 g/mol. The van der Waals surface area contributed by atoms with Gasteiger partial charge in [0, 0.05) is 17.1 Å². The number of benzene rings is 2. The largest absolute Gasteiger partial charge is 0.331 e. The van der Waals surface area contributed by atoms with Crippen LogP contribution in [0.3, 0.4) is 0 Å². The fraction of sp³-hybridized carbons (Fsp3) is 0.192. The van der Waals surface area contributed by atoms with Crippen LogP contribution in [0.2, 0.25) is 0 Å². The van der Waals surface area contributed by atoms with Crippen molar-refractivity contribution in [3.63, 3.8) is 0 Å². The van der Waals surface area contributed by atoms with E-state index in [4.69, 9.17) is 0 Å². The zero-order chi connectivity index (χ0) is 23.0. The van der Waals surface area contributed by atoms with Gasteiger partial charge in [0.05, 0.1) is 6.54 Å². The monoisotopic (exact) mass is 427 g/mol. The predicted molar refractivity (Wildman–Crippen MR) is 123 cm³/mol. The SMILES string of the molecule is Cc1cc(C)cc(-n2c(C)cc(/C=C3\C(=O)NC(=O)N(Cc4ccccc4)C3=O)c2C)c1. The lowest BCUT2D eigenvalue weighted by atomic mass is 10.1. The molecule has 2 aromatic carbocycles. The van der Waals surface area contributed by atoms with E-state index in [9.17, 15) is 14.4 Å². The third-order valence-corrected chi connectivity index (χ3v) is 5.60. The first-order valence-corrected chi connectivity index (χ1v) is 10.4. The van der Waals surface area contributed by atoms with E-state index in [1.54, 1.807) is 6.08 Å². The fourth-order valence-corrected chi connectivity index (χ4v) is 4.17. The molecule has 1 saturated heterocycles. The van der Waals surface area contributed by atoms with Gasteiger partial charge in [-0.15, -0.1) is 0 Å². The number of nitrogens with zero attached hydrogens (tertiary/aromatic N) is 2. The van der Waals surface area contributed by atoms with Crippen molar-refractivity contribution < 1.29 is 14.4 Å². The quantitative estimate of drug-likeness (QED) is 0.496. The number of aryl methyl sites for hydroxylation is 3. The number of carbonyl (C=O) groups is 3. The Balaban J connectivity index is 1.72. The maximum Gasteiger partial charge on any atom is 0.331 e. The second-order valence-corrected chi connectivity index (χ2v) is 8.20. The lowest BCUT2D eigenvalue weighted by Crippen LogP contribution is -2.53. The average Bonchev–Trinajstić information content (AvgIpc) is 3.01. The zero-order valence-corrected chi connectivity index (χ0v) is 18.6. The van der Waals surface area contributed by atoms with Crippen molar-refractivity contribution in [3.05, 3.63) is 93.8 Å². The number of hydrogen-bond donors (Lipinski definition) is 1. The summed E-state index contributed by atoms with van der Waals surface area (Å²) in [6.07, 6.45) is 1.57. The molecule has 1 fully saturated rings. The molecule has 0 unspecified atom stereocenters. The highest BCUT2D eigenvalue weighted by molar-refractivity contribution is 6.31. The minimum atomic E-state index is -0.707. The molecule has 162 valence electrons. The molecule has 3 aromatic rings. The smallest absolute Gasteiger partial charge is 0.318 e. The third kappa shape index (κ3) is 3.99. The number of rotatable bonds is 4. The van der Waals surface area contributed by atoms with Crippen molar-refractivity contribution in [2.75, 3.05) is 0 Å². The molecule has 0 spiro atoms. The molecule has 2 heterocycles. The summed E-state index contributed by atoms with van der Waals surface area (Å²) in [5.41, 5.74) is 6.75. The van der Waals surface area contributed by atoms with Crippen molar-refractivity contribution in [1.29, 1.82) is 0 Å². The number of aromatic nitrogens is 1. The molecule has 1 aliphatic heterocycles. The van der Waals surface area contributed by atoms with E-state index in [-0.39, 0.29) is 12.1 Å². The van der Waals surface area contributed by atoms with E-state index >= 15 is 0 Å². The molecular formula is C26H25N3O3. The minimum Gasteiger partial charge on any atom is -0.318 e. The summed E-state index contributed by atoms with van der Waals surface area (Å²) >= 11 is 0. The summed E-state index contributed by atoms with van der Waals surface area (Å²) in [5, 5.41) is 2.29. The molecule has 0 saturated carbocycles. The van der Waals surface area contributed by atoms with Crippen molar-refractivity contribution >= 4 is 23.9 Å². The number of barbiturate groups is 1. The lowest BCUT2D eigenvalue weighted by molar-refractivity contribution is -0.130. The first kappa shape index (κ1) is 21.3. The Morgan fingerprint density at radius 3 is 2.19 bits per heavy atom. The van der Waals surface area contributed by atoms with Gasteiger partial charge in [-0.2, -0.15) is 0 Å². The van der Waals surface area contributed by atoms with E-state index in [1.165, 1.54) is 0 Å². The molecule has 1 N–H and O–H groups in total. The Kier molecular flexibility index (Phi) is 5.53. The van der Waals surface area contributed by atoms with Crippen LogP contribution in [0.15, 0.2) is 60.2 Å². The van der Waals surface area contributed by atoms with Gasteiger partial charge in [-0.05, 0) is 74.2 Å². The number of urea groups is 1. The van der Waals surface area contributed by atoms with Crippen LogP contribution in [0.25, 0.3) is 11.8 Å². The number of hydrogen-bond acceptors (Lipinski definition) is 3. The molecule has 6 nitrogen and oxygen atoms in total. The lowest BCUT2D eigenvalue weighted by Gasteiger charge is -2.26. The van der Waals surface area contributed by atoms with Gasteiger partial charge in [0.2, 0.25) is 0 Å². The molecule has 0 atom stereocenters. The summed E-state index contributed by atoms with van der Waals surface area (Å²) < 4.78 is 2.10. The Hall–Kier alpha value is -3.93. The van der Waals surface area contributed by atoms with Gasteiger partial charge in [0.15, 0.2) is 0 Å². The van der Waals surface area contributed by atoms with Gasteiger partial charge in [-0.25, -0.2) is 4.79 Å². The summed E-state index contributed by atoms with van der Waals surface area (Å²) in [6.45, 7) is 8.14. The number of carbonyl (C=O) groups excluding carboxylic acids is 3. The standard InChI is InChI=1S/C26H25N3O3/c1-16-10-17(2)12-22(11-16)29-18(3)13-21(19(29)4)14-23-24(30)27-26(32)28(25(23)31)15-20-8-6-5-7-9-20/h5-14H,15H2,1-4H3,(H,27,30,32)/b23-14+. The van der Waals surface area contributed by atoms with E-state index in [1.807, 2.05) is 50.2 Å². The number of nitrogens with one attached hydrogen (secondary N) is 1. The first-order valence-electron chi connectivity index (χ1n) is 10.4. The summed E-state index contributed by atoms with van der Waals surface area (Å²) in [6, 6.07) is 16.8. The highest BCUT2D eigenvalue weighted by Gasteiger charge is 2.35. The van der Waals surface area contributed by atoms with Crippen LogP contribution in [0.4, 0.5) is 4.79 Å². The molecule has 0 bridgehead atoms. The average molecular weight is 428 g/mol. The third-order valence-electron chi connectivity index (χ3n) is 5.60. The molecule has 0 aliphatic carbocycles. The highest BCUT2D eigenvalue weighted by Crippen LogP contribution is 2.25. The summed E-state index contributed by atoms with van der Waals surface area (Å²) in [7, 11) is 0. The fourth-order valence-electron chi connectivity index (χ4n) is 4.17. The molecule has 6 heteroatoms. The van der Waals surface area contributed by atoms with Crippen LogP contribution in [-0.4, -0.2) is 27.3 Å². The molecule has 1 aliphatic rings.